The Labute approximate surface area is 94.6 Å². The maximum Gasteiger partial charge on any atom is 0.165 e. The van der Waals surface area contributed by atoms with Crippen LogP contribution in [0.2, 0.25) is 0 Å². The van der Waals surface area contributed by atoms with Crippen molar-refractivity contribution in [2.45, 2.75) is 6.42 Å². The summed E-state index contributed by atoms with van der Waals surface area (Å²) in [6, 6.07) is 5.47. The van der Waals surface area contributed by atoms with E-state index < -0.39 is 0 Å². The third-order valence-corrected chi connectivity index (χ3v) is 2.51. The second-order valence-corrected chi connectivity index (χ2v) is 3.65. The van der Waals surface area contributed by atoms with Gasteiger partial charge in [-0.1, -0.05) is 0 Å². The summed E-state index contributed by atoms with van der Waals surface area (Å²) in [5.41, 5.74) is 1.60. The van der Waals surface area contributed by atoms with Crippen LogP contribution < -0.4 is 10.1 Å². The third-order valence-electron chi connectivity index (χ3n) is 2.51. The van der Waals surface area contributed by atoms with Crippen molar-refractivity contribution in [2.75, 3.05) is 32.2 Å². The molecule has 0 aliphatic carbocycles. The molecule has 0 bridgehead atoms. The zero-order chi connectivity index (χ0) is 11.4. The van der Waals surface area contributed by atoms with Crippen molar-refractivity contribution in [3.05, 3.63) is 23.8 Å². The number of ketones is 1. The first-order valence-corrected chi connectivity index (χ1v) is 5.34. The van der Waals surface area contributed by atoms with Crippen molar-refractivity contribution in [3.63, 3.8) is 0 Å². The summed E-state index contributed by atoms with van der Waals surface area (Å²) in [6.07, 6.45) is 0.413. The Hall–Kier alpha value is -1.55. The van der Waals surface area contributed by atoms with E-state index in [4.69, 9.17) is 9.47 Å². The fourth-order valence-electron chi connectivity index (χ4n) is 1.65. The number of hydrogen-bond donors (Lipinski definition) is 1. The second-order valence-electron chi connectivity index (χ2n) is 3.65. The molecule has 1 aromatic rings. The summed E-state index contributed by atoms with van der Waals surface area (Å²) < 4.78 is 10.3. The maximum absolute atomic E-state index is 11.7. The molecule has 0 atom stereocenters. The number of carbonyl (C=O) groups is 1. The van der Waals surface area contributed by atoms with Crippen LogP contribution >= 0.6 is 0 Å². The molecule has 0 amide bonds. The first kappa shape index (κ1) is 11.0. The molecule has 1 aliphatic heterocycles. The molecule has 4 heteroatoms. The first-order valence-electron chi connectivity index (χ1n) is 5.34. The average Bonchev–Trinajstić information content (AvgIpc) is 2.35. The highest BCUT2D eigenvalue weighted by Gasteiger charge is 2.12. The number of carbonyl (C=O) groups excluding carboxylic acids is 1. The Bertz CT molecular complexity index is 390. The van der Waals surface area contributed by atoms with Crippen molar-refractivity contribution in [1.29, 1.82) is 0 Å². The molecule has 0 aromatic heterocycles. The lowest BCUT2D eigenvalue weighted by Crippen LogP contribution is -2.18. The molecule has 2 rings (SSSR count). The van der Waals surface area contributed by atoms with E-state index in [9.17, 15) is 4.79 Å². The molecular weight excluding hydrogens is 206 g/mol. The highest BCUT2D eigenvalue weighted by Crippen LogP contribution is 2.28. The number of nitrogens with one attached hydrogen (secondary N) is 1. The molecule has 4 nitrogen and oxygen atoms in total. The van der Waals surface area contributed by atoms with Gasteiger partial charge in [-0.05, 0) is 18.2 Å². The van der Waals surface area contributed by atoms with Crippen LogP contribution in [0.4, 0.5) is 5.69 Å². The fraction of sp³-hybridized carbons (Fsp3) is 0.417. The Morgan fingerprint density at radius 1 is 1.56 bits per heavy atom. The SMILES string of the molecule is COCCC(=O)c1ccc2c(c1)NCCO2. The zero-order valence-electron chi connectivity index (χ0n) is 9.29. The van der Waals surface area contributed by atoms with Gasteiger partial charge in [0.25, 0.3) is 0 Å². The van der Waals surface area contributed by atoms with Crippen LogP contribution in [0.25, 0.3) is 0 Å². The Balaban J connectivity index is 2.13. The van der Waals surface area contributed by atoms with Gasteiger partial charge in [-0.25, -0.2) is 0 Å². The van der Waals surface area contributed by atoms with Gasteiger partial charge >= 0.3 is 0 Å². The zero-order valence-corrected chi connectivity index (χ0v) is 9.29. The first-order chi connectivity index (χ1) is 7.81. The molecule has 0 spiro atoms. The minimum atomic E-state index is 0.0945. The van der Waals surface area contributed by atoms with E-state index in [-0.39, 0.29) is 5.78 Å². The summed E-state index contributed by atoms with van der Waals surface area (Å²) in [4.78, 5) is 11.7. The highest BCUT2D eigenvalue weighted by atomic mass is 16.5. The van der Waals surface area contributed by atoms with Gasteiger partial charge in [0.15, 0.2) is 5.78 Å². The molecule has 1 aromatic carbocycles. The monoisotopic (exact) mass is 221 g/mol. The topological polar surface area (TPSA) is 47.6 Å². The number of Topliss-reactive ketones (excluding diaryl/α,β-unsaturated/α-hetero) is 1. The van der Waals surface area contributed by atoms with Crippen LogP contribution in [0.3, 0.4) is 0 Å². The number of benzene rings is 1. The van der Waals surface area contributed by atoms with Crippen LogP contribution in [-0.4, -0.2) is 32.7 Å². The van der Waals surface area contributed by atoms with Crippen LogP contribution in [0.1, 0.15) is 16.8 Å². The normalized spacial score (nSPS) is 13.6. The van der Waals surface area contributed by atoms with Gasteiger partial charge in [0.05, 0.1) is 12.3 Å². The van der Waals surface area contributed by atoms with Crippen molar-refractivity contribution in [2.24, 2.45) is 0 Å². The molecule has 1 N–H and O–H groups in total. The van der Waals surface area contributed by atoms with Gasteiger partial charge in [-0.3, -0.25) is 4.79 Å². The van der Waals surface area contributed by atoms with Gasteiger partial charge in [0, 0.05) is 25.6 Å². The summed E-state index contributed by atoms with van der Waals surface area (Å²) in [6.45, 7) is 1.91. The lowest BCUT2D eigenvalue weighted by atomic mass is 10.1. The number of ether oxygens (including phenoxy) is 2. The van der Waals surface area contributed by atoms with Crippen molar-refractivity contribution in [1.82, 2.24) is 0 Å². The average molecular weight is 221 g/mol. The Morgan fingerprint density at radius 2 is 2.44 bits per heavy atom. The predicted octanol–water partition coefficient (Wildman–Crippen LogP) is 1.71. The van der Waals surface area contributed by atoms with Crippen LogP contribution in [0.5, 0.6) is 5.75 Å². The lowest BCUT2D eigenvalue weighted by molar-refractivity contribution is 0.0932. The highest BCUT2D eigenvalue weighted by molar-refractivity contribution is 5.97. The van der Waals surface area contributed by atoms with E-state index in [1.165, 1.54) is 0 Å². The molecule has 0 unspecified atom stereocenters. The summed E-state index contributed by atoms with van der Waals surface area (Å²) in [7, 11) is 1.59. The quantitative estimate of drug-likeness (QED) is 0.786. The molecule has 86 valence electrons. The molecule has 1 heterocycles. The van der Waals surface area contributed by atoms with Crippen molar-refractivity contribution >= 4 is 11.5 Å². The van der Waals surface area contributed by atoms with E-state index in [1.54, 1.807) is 13.2 Å². The van der Waals surface area contributed by atoms with Gasteiger partial charge in [0.1, 0.15) is 12.4 Å². The van der Waals surface area contributed by atoms with E-state index >= 15 is 0 Å². The molecule has 0 fully saturated rings. The number of fused-ring (bicyclic) bond motifs is 1. The number of rotatable bonds is 4. The Morgan fingerprint density at radius 3 is 3.25 bits per heavy atom. The number of hydrogen-bond acceptors (Lipinski definition) is 4. The standard InChI is InChI=1S/C12H15NO3/c1-15-6-4-11(14)9-2-3-12-10(8-9)13-5-7-16-12/h2-3,8,13H,4-7H2,1H3. The van der Waals surface area contributed by atoms with Crippen molar-refractivity contribution in [3.8, 4) is 5.75 Å². The molecule has 16 heavy (non-hydrogen) atoms. The van der Waals surface area contributed by atoms with E-state index in [1.807, 2.05) is 12.1 Å². The lowest BCUT2D eigenvalue weighted by Gasteiger charge is -2.19. The smallest absolute Gasteiger partial charge is 0.165 e. The summed E-state index contributed by atoms with van der Waals surface area (Å²) in [5.74, 6) is 0.909. The number of methoxy groups -OCH3 is 1. The maximum atomic E-state index is 11.7. The van der Waals surface area contributed by atoms with E-state index in [0.29, 0.717) is 25.2 Å². The second kappa shape index (κ2) is 4.99. The van der Waals surface area contributed by atoms with Gasteiger partial charge in [-0.15, -0.1) is 0 Å². The van der Waals surface area contributed by atoms with Gasteiger partial charge in [0.2, 0.25) is 0 Å². The molecular formula is C12H15NO3. The minimum Gasteiger partial charge on any atom is -0.490 e. The third kappa shape index (κ3) is 2.33. The largest absolute Gasteiger partial charge is 0.490 e. The minimum absolute atomic E-state index is 0.0945. The summed E-state index contributed by atoms with van der Waals surface area (Å²) >= 11 is 0. The van der Waals surface area contributed by atoms with E-state index in [0.717, 1.165) is 18.0 Å². The van der Waals surface area contributed by atoms with Gasteiger partial charge in [-0.2, -0.15) is 0 Å². The molecule has 0 saturated heterocycles. The predicted molar refractivity (Wildman–Crippen MR) is 61.3 cm³/mol. The van der Waals surface area contributed by atoms with Crippen LogP contribution in [0.15, 0.2) is 18.2 Å². The fourth-order valence-corrected chi connectivity index (χ4v) is 1.65. The Kier molecular flexibility index (Phi) is 3.41. The van der Waals surface area contributed by atoms with Gasteiger partial charge < -0.3 is 14.8 Å². The van der Waals surface area contributed by atoms with E-state index in [2.05, 4.69) is 5.32 Å². The molecule has 1 aliphatic rings. The summed E-state index contributed by atoms with van der Waals surface area (Å²) in [5, 5.41) is 3.21. The molecule has 0 radical (unpaired) electrons. The van der Waals surface area contributed by atoms with Crippen LogP contribution in [-0.2, 0) is 4.74 Å². The van der Waals surface area contributed by atoms with Crippen LogP contribution in [0, 0.1) is 0 Å². The number of anilines is 1. The van der Waals surface area contributed by atoms with Crippen molar-refractivity contribution < 1.29 is 14.3 Å². The molecule has 0 saturated carbocycles.